The van der Waals surface area contributed by atoms with Crippen molar-refractivity contribution in [2.45, 2.75) is 51.6 Å². The molecule has 0 aromatic carbocycles. The SMILES string of the molecule is CCCC(O)C/C=C/c1cc(F)cnc1C(=O)CCCC(=O)OC. The zero-order valence-electron chi connectivity index (χ0n) is 14.1. The van der Waals surface area contributed by atoms with E-state index in [1.165, 1.54) is 13.2 Å². The van der Waals surface area contributed by atoms with Crippen molar-refractivity contribution in [3.63, 3.8) is 0 Å². The fourth-order valence-electron chi connectivity index (χ4n) is 2.23. The Labute approximate surface area is 141 Å². The fraction of sp³-hybridized carbons (Fsp3) is 0.500. The predicted octanol–water partition coefficient (Wildman–Crippen LogP) is 3.31. The zero-order chi connectivity index (χ0) is 17.9. The molecule has 0 saturated carbocycles. The van der Waals surface area contributed by atoms with Crippen LogP contribution in [0.2, 0.25) is 0 Å². The third kappa shape index (κ3) is 7.00. The molecule has 5 nitrogen and oxygen atoms in total. The van der Waals surface area contributed by atoms with E-state index in [0.29, 0.717) is 24.8 Å². The number of esters is 1. The van der Waals surface area contributed by atoms with E-state index >= 15 is 0 Å². The number of hydrogen-bond acceptors (Lipinski definition) is 5. The number of pyridine rings is 1. The number of aliphatic hydroxyl groups excluding tert-OH is 1. The minimum absolute atomic E-state index is 0.132. The molecule has 0 saturated heterocycles. The number of hydrogen-bond donors (Lipinski definition) is 1. The molecule has 0 aliphatic heterocycles. The number of aromatic nitrogens is 1. The number of nitrogens with zero attached hydrogens (tertiary/aromatic N) is 1. The van der Waals surface area contributed by atoms with Gasteiger partial charge in [0.25, 0.3) is 0 Å². The van der Waals surface area contributed by atoms with Crippen LogP contribution in [0.4, 0.5) is 4.39 Å². The quantitative estimate of drug-likeness (QED) is 0.523. The molecule has 1 aromatic heterocycles. The number of ketones is 1. The highest BCUT2D eigenvalue weighted by molar-refractivity contribution is 5.97. The Kier molecular flexibility index (Phi) is 8.86. The van der Waals surface area contributed by atoms with Gasteiger partial charge in [-0.1, -0.05) is 25.5 Å². The van der Waals surface area contributed by atoms with Crippen molar-refractivity contribution >= 4 is 17.8 Å². The summed E-state index contributed by atoms with van der Waals surface area (Å²) in [5.41, 5.74) is 0.546. The Balaban J connectivity index is 2.74. The Hall–Kier alpha value is -2.08. The molecule has 0 aliphatic carbocycles. The van der Waals surface area contributed by atoms with Crippen LogP contribution >= 0.6 is 0 Å². The number of ether oxygens (including phenoxy) is 1. The molecular formula is C18H24FNO4. The van der Waals surface area contributed by atoms with E-state index in [1.807, 2.05) is 6.92 Å². The topological polar surface area (TPSA) is 76.5 Å². The Morgan fingerprint density at radius 1 is 1.42 bits per heavy atom. The van der Waals surface area contributed by atoms with E-state index in [4.69, 9.17) is 0 Å². The molecule has 0 bridgehead atoms. The van der Waals surface area contributed by atoms with Gasteiger partial charge in [0.2, 0.25) is 0 Å². The molecule has 1 heterocycles. The van der Waals surface area contributed by atoms with Crippen molar-refractivity contribution in [3.8, 4) is 0 Å². The Morgan fingerprint density at radius 2 is 2.17 bits per heavy atom. The summed E-state index contributed by atoms with van der Waals surface area (Å²) >= 11 is 0. The van der Waals surface area contributed by atoms with Crippen LogP contribution in [-0.4, -0.2) is 35.1 Å². The molecule has 1 N–H and O–H groups in total. The lowest BCUT2D eigenvalue weighted by Gasteiger charge is -2.06. The van der Waals surface area contributed by atoms with Gasteiger partial charge in [-0.25, -0.2) is 9.37 Å². The van der Waals surface area contributed by atoms with E-state index in [1.54, 1.807) is 12.2 Å². The van der Waals surface area contributed by atoms with E-state index in [9.17, 15) is 19.1 Å². The van der Waals surface area contributed by atoms with Crippen molar-refractivity contribution in [2.75, 3.05) is 7.11 Å². The molecular weight excluding hydrogens is 313 g/mol. The van der Waals surface area contributed by atoms with Gasteiger partial charge in [-0.15, -0.1) is 0 Å². The summed E-state index contributed by atoms with van der Waals surface area (Å²) in [6.45, 7) is 1.98. The van der Waals surface area contributed by atoms with E-state index in [-0.39, 0.29) is 30.3 Å². The molecule has 1 aromatic rings. The van der Waals surface area contributed by atoms with Gasteiger partial charge < -0.3 is 9.84 Å². The molecule has 0 aliphatic rings. The number of halogens is 1. The summed E-state index contributed by atoms with van der Waals surface area (Å²) in [5.74, 6) is -1.16. The zero-order valence-corrected chi connectivity index (χ0v) is 14.1. The fourth-order valence-corrected chi connectivity index (χ4v) is 2.23. The van der Waals surface area contributed by atoms with Crippen LogP contribution in [-0.2, 0) is 9.53 Å². The highest BCUT2D eigenvalue weighted by Gasteiger charge is 2.13. The molecule has 1 unspecified atom stereocenters. The predicted molar refractivity (Wildman–Crippen MR) is 89.0 cm³/mol. The summed E-state index contributed by atoms with van der Waals surface area (Å²) in [6, 6.07) is 1.24. The second kappa shape index (κ2) is 10.6. The summed E-state index contributed by atoms with van der Waals surface area (Å²) in [6.07, 6.45) is 6.48. The molecule has 1 rings (SSSR count). The van der Waals surface area contributed by atoms with Gasteiger partial charge in [0.05, 0.1) is 19.4 Å². The van der Waals surface area contributed by atoms with Crippen molar-refractivity contribution in [2.24, 2.45) is 0 Å². The van der Waals surface area contributed by atoms with E-state index in [0.717, 1.165) is 12.6 Å². The highest BCUT2D eigenvalue weighted by Crippen LogP contribution is 2.15. The Morgan fingerprint density at radius 3 is 2.83 bits per heavy atom. The lowest BCUT2D eigenvalue weighted by molar-refractivity contribution is -0.140. The molecule has 0 spiro atoms. The van der Waals surface area contributed by atoms with Crippen LogP contribution in [0, 0.1) is 5.82 Å². The molecule has 0 radical (unpaired) electrons. The largest absolute Gasteiger partial charge is 0.469 e. The van der Waals surface area contributed by atoms with Crippen LogP contribution in [0.1, 0.15) is 61.5 Å². The molecule has 1 atom stereocenters. The summed E-state index contributed by atoms with van der Waals surface area (Å²) < 4.78 is 17.9. The first-order valence-electron chi connectivity index (χ1n) is 8.08. The molecule has 6 heteroatoms. The molecule has 0 fully saturated rings. The van der Waals surface area contributed by atoms with Crippen LogP contribution in [0.5, 0.6) is 0 Å². The normalized spacial score (nSPS) is 12.3. The van der Waals surface area contributed by atoms with Gasteiger partial charge in [0.1, 0.15) is 11.5 Å². The number of methoxy groups -OCH3 is 1. The van der Waals surface area contributed by atoms with Gasteiger partial charge in [-0.3, -0.25) is 9.59 Å². The maximum absolute atomic E-state index is 13.4. The number of Topliss-reactive ketones (excluding diaryl/α,β-unsaturated/α-hetero) is 1. The second-order valence-electron chi connectivity index (χ2n) is 5.52. The van der Waals surface area contributed by atoms with Crippen molar-refractivity contribution in [1.82, 2.24) is 4.98 Å². The maximum Gasteiger partial charge on any atom is 0.305 e. The molecule has 0 amide bonds. The highest BCUT2D eigenvalue weighted by atomic mass is 19.1. The van der Waals surface area contributed by atoms with Gasteiger partial charge >= 0.3 is 5.97 Å². The van der Waals surface area contributed by atoms with Gasteiger partial charge in [-0.05, 0) is 25.3 Å². The van der Waals surface area contributed by atoms with Gasteiger partial charge in [-0.2, -0.15) is 0 Å². The number of carbonyl (C=O) groups excluding carboxylic acids is 2. The summed E-state index contributed by atoms with van der Waals surface area (Å²) in [4.78, 5) is 27.2. The minimum atomic E-state index is -0.533. The standard InChI is InChI=1S/C18H24FNO4/c1-3-6-15(21)8-4-7-13-11-14(19)12-20-18(13)16(22)9-5-10-17(23)24-2/h4,7,11-12,15,21H,3,5-6,8-10H2,1-2H3/b7-4+. The average molecular weight is 337 g/mol. The monoisotopic (exact) mass is 337 g/mol. The number of rotatable bonds is 10. The third-order valence-corrected chi connectivity index (χ3v) is 3.49. The van der Waals surface area contributed by atoms with Crippen LogP contribution < -0.4 is 0 Å². The van der Waals surface area contributed by atoms with Crippen molar-refractivity contribution < 1.29 is 23.8 Å². The van der Waals surface area contributed by atoms with E-state index < -0.39 is 11.9 Å². The molecule has 132 valence electrons. The van der Waals surface area contributed by atoms with E-state index in [2.05, 4.69) is 9.72 Å². The molecule has 24 heavy (non-hydrogen) atoms. The summed E-state index contributed by atoms with van der Waals surface area (Å²) in [7, 11) is 1.29. The summed E-state index contributed by atoms with van der Waals surface area (Å²) in [5, 5.41) is 9.70. The number of carbonyl (C=O) groups is 2. The first-order chi connectivity index (χ1) is 11.5. The van der Waals surface area contributed by atoms with Crippen molar-refractivity contribution in [3.05, 3.63) is 35.4 Å². The third-order valence-electron chi connectivity index (χ3n) is 3.49. The van der Waals surface area contributed by atoms with Crippen molar-refractivity contribution in [1.29, 1.82) is 0 Å². The van der Waals surface area contributed by atoms with Gasteiger partial charge in [0.15, 0.2) is 5.78 Å². The lowest BCUT2D eigenvalue weighted by Crippen LogP contribution is -2.08. The van der Waals surface area contributed by atoms with Crippen LogP contribution in [0.3, 0.4) is 0 Å². The number of aliphatic hydroxyl groups is 1. The second-order valence-corrected chi connectivity index (χ2v) is 5.52. The van der Waals surface area contributed by atoms with Crippen LogP contribution in [0.15, 0.2) is 18.3 Å². The smallest absolute Gasteiger partial charge is 0.305 e. The lowest BCUT2D eigenvalue weighted by atomic mass is 10.0. The van der Waals surface area contributed by atoms with Crippen LogP contribution in [0.25, 0.3) is 6.08 Å². The first kappa shape index (κ1) is 20.0. The minimum Gasteiger partial charge on any atom is -0.469 e. The maximum atomic E-state index is 13.4. The first-order valence-corrected chi connectivity index (χ1v) is 8.08. The average Bonchev–Trinajstić information content (AvgIpc) is 2.55. The Bertz CT molecular complexity index is 586. The van der Waals surface area contributed by atoms with Gasteiger partial charge in [0, 0.05) is 18.4 Å².